The highest BCUT2D eigenvalue weighted by molar-refractivity contribution is 7.89. The Morgan fingerprint density at radius 2 is 1.93 bits per heavy atom. The van der Waals surface area contributed by atoms with E-state index in [1.807, 2.05) is 38.1 Å². The summed E-state index contributed by atoms with van der Waals surface area (Å²) in [7, 11) is -3.88. The van der Waals surface area contributed by atoms with Crippen LogP contribution in [-0.4, -0.2) is 36.8 Å². The third-order valence-corrected chi connectivity index (χ3v) is 7.19. The van der Waals surface area contributed by atoms with E-state index in [2.05, 4.69) is 9.71 Å². The van der Waals surface area contributed by atoms with Crippen LogP contribution in [0.5, 0.6) is 0 Å². The number of rotatable bonds is 5. The molecule has 158 valence electrons. The molecule has 1 aromatic heterocycles. The van der Waals surface area contributed by atoms with Crippen LogP contribution in [0.2, 0.25) is 5.02 Å². The number of hydrogen-bond donors (Lipinski definition) is 2. The molecule has 0 bridgehead atoms. The van der Waals surface area contributed by atoms with E-state index in [9.17, 15) is 13.2 Å². The summed E-state index contributed by atoms with van der Waals surface area (Å²) in [6.45, 7) is 4.68. The Balaban J connectivity index is 1.58. The van der Waals surface area contributed by atoms with Crippen LogP contribution in [0.3, 0.4) is 0 Å². The fourth-order valence-electron chi connectivity index (χ4n) is 3.89. The van der Waals surface area contributed by atoms with Crippen molar-refractivity contribution in [3.8, 4) is 0 Å². The summed E-state index contributed by atoms with van der Waals surface area (Å²) in [4.78, 5) is 18.6. The second-order valence-electron chi connectivity index (χ2n) is 7.94. The molecule has 30 heavy (non-hydrogen) atoms. The van der Waals surface area contributed by atoms with Crippen molar-refractivity contribution in [3.63, 3.8) is 0 Å². The SMILES string of the molecule is CC(C)[C@H](NS(=O)(=O)c1cccc(Cl)c1)C(=O)N1CCc2[nH]c3ccccc3c2C1. The van der Waals surface area contributed by atoms with Gasteiger partial charge in [-0.2, -0.15) is 4.72 Å². The van der Waals surface area contributed by atoms with Gasteiger partial charge in [-0.05, 0) is 30.2 Å². The average Bonchev–Trinajstić information content (AvgIpc) is 3.09. The van der Waals surface area contributed by atoms with Gasteiger partial charge in [0.2, 0.25) is 15.9 Å². The van der Waals surface area contributed by atoms with E-state index in [0.717, 1.165) is 22.2 Å². The first-order valence-electron chi connectivity index (χ1n) is 9.91. The number of benzene rings is 2. The van der Waals surface area contributed by atoms with Crippen molar-refractivity contribution in [1.82, 2.24) is 14.6 Å². The van der Waals surface area contributed by atoms with Crippen LogP contribution in [0.15, 0.2) is 53.4 Å². The Hall–Kier alpha value is -2.35. The maximum absolute atomic E-state index is 13.3. The van der Waals surface area contributed by atoms with Crippen molar-refractivity contribution in [3.05, 3.63) is 64.8 Å². The fourth-order valence-corrected chi connectivity index (χ4v) is 5.53. The molecule has 2 N–H and O–H groups in total. The second-order valence-corrected chi connectivity index (χ2v) is 10.1. The number of H-pyrrole nitrogens is 1. The number of fused-ring (bicyclic) bond motifs is 3. The first-order valence-corrected chi connectivity index (χ1v) is 11.8. The normalized spacial score (nSPS) is 15.4. The van der Waals surface area contributed by atoms with Crippen molar-refractivity contribution in [1.29, 1.82) is 0 Å². The Bertz CT molecular complexity index is 1200. The number of nitrogens with one attached hydrogen (secondary N) is 2. The van der Waals surface area contributed by atoms with Gasteiger partial charge in [0.15, 0.2) is 0 Å². The molecule has 4 rings (SSSR count). The van der Waals surface area contributed by atoms with Crippen molar-refractivity contribution in [2.75, 3.05) is 6.54 Å². The largest absolute Gasteiger partial charge is 0.358 e. The molecule has 0 radical (unpaired) electrons. The van der Waals surface area contributed by atoms with Crippen LogP contribution in [0.1, 0.15) is 25.1 Å². The molecule has 3 aromatic rings. The third-order valence-electron chi connectivity index (χ3n) is 5.52. The molecule has 8 heteroatoms. The molecule has 0 saturated heterocycles. The predicted octanol–water partition coefficient (Wildman–Crippen LogP) is 3.71. The number of amides is 1. The summed E-state index contributed by atoms with van der Waals surface area (Å²) in [6.07, 6.45) is 0.710. The lowest BCUT2D eigenvalue weighted by molar-refractivity contribution is -0.135. The maximum Gasteiger partial charge on any atom is 0.241 e. The highest BCUT2D eigenvalue weighted by Crippen LogP contribution is 2.28. The molecule has 2 heterocycles. The highest BCUT2D eigenvalue weighted by Gasteiger charge is 2.33. The molecule has 0 unspecified atom stereocenters. The Morgan fingerprint density at radius 3 is 2.67 bits per heavy atom. The van der Waals surface area contributed by atoms with E-state index >= 15 is 0 Å². The summed E-state index contributed by atoms with van der Waals surface area (Å²) in [6, 6.07) is 13.2. The summed E-state index contributed by atoms with van der Waals surface area (Å²) in [5.74, 6) is -0.428. The molecule has 1 aliphatic rings. The Labute approximate surface area is 181 Å². The molecule has 0 spiro atoms. The van der Waals surface area contributed by atoms with Crippen molar-refractivity contribution in [2.24, 2.45) is 5.92 Å². The first-order chi connectivity index (χ1) is 14.3. The highest BCUT2D eigenvalue weighted by atomic mass is 35.5. The van der Waals surface area contributed by atoms with Gasteiger partial charge in [-0.3, -0.25) is 4.79 Å². The summed E-state index contributed by atoms with van der Waals surface area (Å²) < 4.78 is 28.3. The standard InChI is InChI=1S/C22H24ClN3O3S/c1-14(2)21(25-30(28,29)16-7-5-6-15(23)12-16)22(27)26-11-10-20-18(13-26)17-8-3-4-9-19(17)24-20/h3-9,12,14,21,24-25H,10-11,13H2,1-2H3/t21-/m0/s1. The van der Waals surface area contributed by atoms with Crippen molar-refractivity contribution >= 4 is 38.4 Å². The van der Waals surface area contributed by atoms with Crippen LogP contribution in [0.4, 0.5) is 0 Å². The van der Waals surface area contributed by atoms with Gasteiger partial charge in [0, 0.05) is 46.7 Å². The van der Waals surface area contributed by atoms with Gasteiger partial charge < -0.3 is 9.88 Å². The van der Waals surface area contributed by atoms with Crippen LogP contribution >= 0.6 is 11.6 Å². The first kappa shape index (κ1) is 20.9. The summed E-state index contributed by atoms with van der Waals surface area (Å²) in [5.41, 5.74) is 3.30. The summed E-state index contributed by atoms with van der Waals surface area (Å²) in [5, 5.41) is 1.43. The van der Waals surface area contributed by atoms with E-state index in [-0.39, 0.29) is 16.7 Å². The molecule has 0 fully saturated rings. The number of halogens is 1. The number of carbonyl (C=O) groups is 1. The lowest BCUT2D eigenvalue weighted by Crippen LogP contribution is -2.52. The fraction of sp³-hybridized carbons (Fsp3) is 0.318. The third kappa shape index (κ3) is 3.97. The molecule has 6 nitrogen and oxygen atoms in total. The van der Waals surface area contributed by atoms with Gasteiger partial charge in [0.1, 0.15) is 6.04 Å². The minimum Gasteiger partial charge on any atom is -0.358 e. The minimum absolute atomic E-state index is 0.0472. The zero-order chi connectivity index (χ0) is 21.5. The van der Waals surface area contributed by atoms with Gasteiger partial charge in [0.25, 0.3) is 0 Å². The van der Waals surface area contributed by atoms with Crippen LogP contribution < -0.4 is 4.72 Å². The van der Waals surface area contributed by atoms with Gasteiger partial charge in [0.05, 0.1) is 4.90 Å². The van der Waals surface area contributed by atoms with E-state index in [1.54, 1.807) is 17.0 Å². The average molecular weight is 446 g/mol. The smallest absolute Gasteiger partial charge is 0.241 e. The molecular weight excluding hydrogens is 422 g/mol. The number of hydrogen-bond acceptors (Lipinski definition) is 3. The topological polar surface area (TPSA) is 82.3 Å². The molecule has 2 aromatic carbocycles. The molecule has 1 aliphatic heterocycles. The Morgan fingerprint density at radius 1 is 1.17 bits per heavy atom. The van der Waals surface area contributed by atoms with Crippen molar-refractivity contribution < 1.29 is 13.2 Å². The number of sulfonamides is 1. The van der Waals surface area contributed by atoms with Crippen LogP contribution in [-0.2, 0) is 27.8 Å². The lowest BCUT2D eigenvalue weighted by atomic mass is 10.0. The van der Waals surface area contributed by atoms with Crippen LogP contribution in [0, 0.1) is 5.92 Å². The number of carbonyl (C=O) groups excluding carboxylic acids is 1. The van der Waals surface area contributed by atoms with Crippen molar-refractivity contribution in [2.45, 2.75) is 37.8 Å². The van der Waals surface area contributed by atoms with E-state index < -0.39 is 16.1 Å². The zero-order valence-corrected chi connectivity index (χ0v) is 18.4. The number of aromatic amines is 1. The van der Waals surface area contributed by atoms with E-state index in [0.29, 0.717) is 24.5 Å². The molecular formula is C22H24ClN3O3S. The quantitative estimate of drug-likeness (QED) is 0.628. The molecule has 0 saturated carbocycles. The molecule has 0 aliphatic carbocycles. The van der Waals surface area contributed by atoms with Crippen LogP contribution in [0.25, 0.3) is 10.9 Å². The maximum atomic E-state index is 13.3. The monoisotopic (exact) mass is 445 g/mol. The van der Waals surface area contributed by atoms with Gasteiger partial charge in [-0.15, -0.1) is 0 Å². The van der Waals surface area contributed by atoms with E-state index in [4.69, 9.17) is 11.6 Å². The zero-order valence-electron chi connectivity index (χ0n) is 16.9. The molecule has 1 amide bonds. The Kier molecular flexibility index (Phi) is 5.61. The van der Waals surface area contributed by atoms with Gasteiger partial charge in [-0.25, -0.2) is 8.42 Å². The summed E-state index contributed by atoms with van der Waals surface area (Å²) >= 11 is 5.95. The second kappa shape index (κ2) is 8.06. The minimum atomic E-state index is -3.88. The number of aromatic nitrogens is 1. The predicted molar refractivity (Wildman–Crippen MR) is 118 cm³/mol. The van der Waals surface area contributed by atoms with E-state index in [1.165, 1.54) is 12.1 Å². The number of nitrogens with zero attached hydrogens (tertiary/aromatic N) is 1. The lowest BCUT2D eigenvalue weighted by Gasteiger charge is -2.32. The number of para-hydroxylation sites is 1. The van der Waals surface area contributed by atoms with Gasteiger partial charge in [-0.1, -0.05) is 49.7 Å². The van der Waals surface area contributed by atoms with Gasteiger partial charge >= 0.3 is 0 Å². The molecule has 1 atom stereocenters.